The monoisotopic (exact) mass is 542 g/mol. The van der Waals surface area contributed by atoms with Crippen molar-refractivity contribution in [1.82, 2.24) is 3.97 Å². The van der Waals surface area contributed by atoms with E-state index in [1.165, 1.54) is 8.28 Å². The smallest absolute Gasteiger partial charge is 0.265 e. The van der Waals surface area contributed by atoms with Crippen molar-refractivity contribution in [2.75, 3.05) is 10.8 Å². The Morgan fingerprint density at radius 1 is 0.684 bits per heavy atom. The molecule has 0 fully saturated rings. The largest absolute Gasteiger partial charge is 0.268 e. The highest BCUT2D eigenvalue weighted by Crippen LogP contribution is 2.43. The van der Waals surface area contributed by atoms with E-state index in [0.717, 1.165) is 27.6 Å². The van der Waals surface area contributed by atoms with Crippen molar-refractivity contribution in [3.8, 4) is 0 Å². The van der Waals surface area contributed by atoms with Crippen molar-refractivity contribution in [3.05, 3.63) is 126 Å². The first-order chi connectivity index (χ1) is 18.2. The van der Waals surface area contributed by atoms with Gasteiger partial charge in [-0.3, -0.25) is 4.31 Å². The summed E-state index contributed by atoms with van der Waals surface area (Å²) in [5.41, 5.74) is 5.07. The van der Waals surface area contributed by atoms with Crippen LogP contribution in [-0.4, -0.2) is 27.4 Å². The van der Waals surface area contributed by atoms with Crippen LogP contribution in [0, 0.1) is 13.8 Å². The lowest BCUT2D eigenvalue weighted by Crippen LogP contribution is -2.30. The van der Waals surface area contributed by atoms with E-state index in [2.05, 4.69) is 0 Å². The number of rotatable bonds is 5. The molecule has 1 aliphatic heterocycles. The molecule has 1 unspecified atom stereocenters. The minimum atomic E-state index is -3.75. The predicted octanol–water partition coefficient (Wildman–Crippen LogP) is 5.84. The number of benzene rings is 4. The number of aryl methyl sites for hydroxylation is 2. The third-order valence-corrected chi connectivity index (χ3v) is 10.7. The second-order valence-corrected chi connectivity index (χ2v) is 13.4. The van der Waals surface area contributed by atoms with Crippen LogP contribution < -0.4 is 4.31 Å². The minimum Gasteiger partial charge on any atom is -0.265 e. The van der Waals surface area contributed by atoms with Crippen LogP contribution in [0.5, 0.6) is 0 Å². The Hall–Kier alpha value is -3.88. The zero-order valence-electron chi connectivity index (χ0n) is 20.9. The van der Waals surface area contributed by atoms with E-state index < -0.39 is 20.0 Å². The van der Waals surface area contributed by atoms with Crippen LogP contribution in [0.2, 0.25) is 0 Å². The van der Waals surface area contributed by atoms with Crippen LogP contribution in [0.1, 0.15) is 28.2 Å². The number of hydrogen-bond donors (Lipinski definition) is 0. The fourth-order valence-corrected chi connectivity index (χ4v) is 7.97. The molecule has 4 aromatic carbocycles. The summed E-state index contributed by atoms with van der Waals surface area (Å²) in [4.78, 5) is 0.485. The maximum absolute atomic E-state index is 13.6. The molecule has 1 aliphatic rings. The van der Waals surface area contributed by atoms with Gasteiger partial charge in [0.2, 0.25) is 0 Å². The Morgan fingerprint density at radius 3 is 1.95 bits per heavy atom. The molecule has 1 aromatic heterocycles. The molecule has 1 atom stereocenters. The number of sulfonamides is 1. The van der Waals surface area contributed by atoms with Crippen molar-refractivity contribution >= 4 is 36.6 Å². The van der Waals surface area contributed by atoms with Crippen molar-refractivity contribution < 1.29 is 16.8 Å². The molecule has 5 aromatic rings. The molecule has 0 N–H and O–H groups in total. The highest BCUT2D eigenvalue weighted by molar-refractivity contribution is 7.92. The molecule has 0 saturated carbocycles. The summed E-state index contributed by atoms with van der Waals surface area (Å²) in [7, 11) is -7.50. The zero-order valence-corrected chi connectivity index (χ0v) is 22.6. The lowest BCUT2D eigenvalue weighted by atomic mass is 9.92. The fourth-order valence-electron chi connectivity index (χ4n) is 5.11. The van der Waals surface area contributed by atoms with Gasteiger partial charge in [0.15, 0.2) is 0 Å². The highest BCUT2D eigenvalue weighted by atomic mass is 32.2. The average Bonchev–Trinajstić information content (AvgIpc) is 3.52. The number of fused-ring (bicyclic) bond motifs is 2. The molecule has 0 spiro atoms. The molecular formula is C30H26N2O4S2. The number of hydrogen-bond acceptors (Lipinski definition) is 4. The molecule has 38 heavy (non-hydrogen) atoms. The number of para-hydroxylation sites is 1. The molecule has 0 amide bonds. The fraction of sp³-hybridized carbons (Fsp3) is 0.133. The van der Waals surface area contributed by atoms with E-state index in [0.29, 0.717) is 11.2 Å². The van der Waals surface area contributed by atoms with E-state index >= 15 is 0 Å². The van der Waals surface area contributed by atoms with Gasteiger partial charge in [0.25, 0.3) is 20.0 Å². The van der Waals surface area contributed by atoms with Gasteiger partial charge in [-0.15, -0.1) is 0 Å². The van der Waals surface area contributed by atoms with Crippen LogP contribution in [0.4, 0.5) is 5.69 Å². The lowest BCUT2D eigenvalue weighted by Gasteiger charge is -2.20. The number of anilines is 1. The van der Waals surface area contributed by atoms with Crippen LogP contribution in [0.3, 0.4) is 0 Å². The van der Waals surface area contributed by atoms with Gasteiger partial charge in [0.05, 0.1) is 21.0 Å². The molecular weight excluding hydrogens is 516 g/mol. The SMILES string of the molecule is Cc1ccc(S(=O)(=O)N2CC(c3ccc4c(ccn4S(=O)(=O)c4ccc(C)cc4)c3)c3ccccc32)cc1. The second-order valence-electron chi connectivity index (χ2n) is 9.71. The lowest BCUT2D eigenvalue weighted by molar-refractivity contribution is 0.588. The van der Waals surface area contributed by atoms with Crippen LogP contribution in [0.15, 0.2) is 113 Å². The molecule has 0 aliphatic carbocycles. The van der Waals surface area contributed by atoms with Gasteiger partial charge >= 0.3 is 0 Å². The van der Waals surface area contributed by atoms with Gasteiger partial charge in [-0.25, -0.2) is 20.8 Å². The molecule has 6 nitrogen and oxygen atoms in total. The standard InChI is InChI=1S/C30H26N2O4S2/c1-21-7-12-25(13-8-21)37(33,34)31-18-17-24-19-23(11-16-29(24)31)28-20-32(30-6-4-3-5-27(28)30)38(35,36)26-14-9-22(2)10-15-26/h3-19,28H,20H2,1-2H3. The van der Waals surface area contributed by atoms with E-state index in [1.807, 2.05) is 50.2 Å². The Labute approximate surface area is 222 Å². The summed E-state index contributed by atoms with van der Waals surface area (Å²) in [5, 5.41) is 0.774. The molecule has 2 heterocycles. The minimum absolute atomic E-state index is 0.187. The first-order valence-electron chi connectivity index (χ1n) is 12.3. The van der Waals surface area contributed by atoms with Gasteiger partial charge in [-0.05, 0) is 73.5 Å². The molecule has 6 rings (SSSR count). The zero-order chi connectivity index (χ0) is 26.7. The van der Waals surface area contributed by atoms with E-state index in [4.69, 9.17) is 0 Å². The summed E-state index contributed by atoms with van der Waals surface area (Å²) < 4.78 is 56.7. The van der Waals surface area contributed by atoms with E-state index in [1.54, 1.807) is 66.9 Å². The van der Waals surface area contributed by atoms with Gasteiger partial charge in [-0.2, -0.15) is 0 Å². The molecule has 0 radical (unpaired) electrons. The topological polar surface area (TPSA) is 76.5 Å². The van der Waals surface area contributed by atoms with Gasteiger partial charge in [-0.1, -0.05) is 59.7 Å². The molecule has 0 bridgehead atoms. The van der Waals surface area contributed by atoms with Gasteiger partial charge < -0.3 is 0 Å². The molecule has 8 heteroatoms. The quantitative estimate of drug-likeness (QED) is 0.280. The van der Waals surface area contributed by atoms with Crippen molar-refractivity contribution in [1.29, 1.82) is 0 Å². The van der Waals surface area contributed by atoms with E-state index in [-0.39, 0.29) is 22.3 Å². The van der Waals surface area contributed by atoms with Crippen molar-refractivity contribution in [2.24, 2.45) is 0 Å². The molecule has 0 saturated heterocycles. The maximum atomic E-state index is 13.6. The Kier molecular flexibility index (Phi) is 5.70. The molecule has 192 valence electrons. The Bertz CT molecular complexity index is 1890. The Morgan fingerprint density at radius 2 is 1.29 bits per heavy atom. The van der Waals surface area contributed by atoms with Crippen LogP contribution >= 0.6 is 0 Å². The van der Waals surface area contributed by atoms with Gasteiger partial charge in [0.1, 0.15) is 0 Å². The first-order valence-corrected chi connectivity index (χ1v) is 15.2. The summed E-state index contributed by atoms with van der Waals surface area (Å²) in [6.45, 7) is 4.10. The average molecular weight is 543 g/mol. The summed E-state index contributed by atoms with van der Waals surface area (Å²) in [6.07, 6.45) is 1.57. The third kappa shape index (κ3) is 3.92. The van der Waals surface area contributed by atoms with Crippen molar-refractivity contribution in [3.63, 3.8) is 0 Å². The highest BCUT2D eigenvalue weighted by Gasteiger charge is 2.37. The van der Waals surface area contributed by atoms with Crippen molar-refractivity contribution in [2.45, 2.75) is 29.6 Å². The summed E-state index contributed by atoms with van der Waals surface area (Å²) in [5.74, 6) is -0.187. The summed E-state index contributed by atoms with van der Waals surface area (Å²) in [6, 6.07) is 28.7. The van der Waals surface area contributed by atoms with Gasteiger partial charge in [0, 0.05) is 24.0 Å². The van der Waals surface area contributed by atoms with Crippen LogP contribution in [-0.2, 0) is 20.0 Å². The van der Waals surface area contributed by atoms with Crippen LogP contribution in [0.25, 0.3) is 10.9 Å². The Balaban J connectivity index is 1.39. The normalized spacial score (nSPS) is 15.6. The number of aromatic nitrogens is 1. The first kappa shape index (κ1) is 24.5. The summed E-state index contributed by atoms with van der Waals surface area (Å²) >= 11 is 0. The number of nitrogens with zero attached hydrogens (tertiary/aromatic N) is 2. The maximum Gasteiger partial charge on any atom is 0.268 e. The third-order valence-electron chi connectivity index (χ3n) is 7.20. The second kappa shape index (κ2) is 8.85. The van der Waals surface area contributed by atoms with E-state index in [9.17, 15) is 16.8 Å². The predicted molar refractivity (Wildman–Crippen MR) is 150 cm³/mol.